The summed E-state index contributed by atoms with van der Waals surface area (Å²) in [6, 6.07) is 13.1. The van der Waals surface area contributed by atoms with Crippen molar-refractivity contribution >= 4 is 74.3 Å². The lowest BCUT2D eigenvalue weighted by atomic mass is 10.1. The predicted molar refractivity (Wildman–Crippen MR) is 154 cm³/mol. The normalized spacial score (nSPS) is 14.4. The van der Waals surface area contributed by atoms with Crippen molar-refractivity contribution in [1.29, 1.82) is 0 Å². The lowest BCUT2D eigenvalue weighted by Gasteiger charge is -2.13. The van der Waals surface area contributed by atoms with Crippen LogP contribution in [0.1, 0.15) is 28.8 Å². The number of nitrogens with one attached hydrogen (secondary N) is 1. The Labute approximate surface area is 233 Å². The van der Waals surface area contributed by atoms with Gasteiger partial charge in [0.05, 0.1) is 19.1 Å². The number of methoxy groups -OCH3 is 2. The maximum atomic E-state index is 12.9. The van der Waals surface area contributed by atoms with Gasteiger partial charge in [-0.25, -0.2) is 4.98 Å². The van der Waals surface area contributed by atoms with Gasteiger partial charge in [-0.15, -0.1) is 11.3 Å². The molecule has 1 aliphatic rings. The highest BCUT2D eigenvalue weighted by Gasteiger charge is 2.31. The molecule has 0 aliphatic carbocycles. The summed E-state index contributed by atoms with van der Waals surface area (Å²) in [6.07, 6.45) is 4.88. The van der Waals surface area contributed by atoms with Crippen LogP contribution in [-0.2, 0) is 16.0 Å². The third kappa shape index (κ3) is 6.89. The number of thiazole rings is 1. The Morgan fingerprint density at radius 1 is 1.19 bits per heavy atom. The third-order valence-corrected chi connectivity index (χ3v) is 8.15. The number of aromatic nitrogens is 1. The zero-order valence-corrected chi connectivity index (χ0v) is 23.4. The molecule has 1 N–H and O–H groups in total. The summed E-state index contributed by atoms with van der Waals surface area (Å²) >= 11 is 14.3. The van der Waals surface area contributed by atoms with E-state index in [2.05, 4.69) is 10.3 Å². The van der Waals surface area contributed by atoms with Crippen LogP contribution in [0.5, 0.6) is 11.5 Å². The number of hydrogen-bond donors (Lipinski definition) is 1. The van der Waals surface area contributed by atoms with E-state index < -0.39 is 0 Å². The van der Waals surface area contributed by atoms with Gasteiger partial charge in [0.15, 0.2) is 16.6 Å². The number of anilines is 1. The number of carbonyl (C=O) groups excluding carboxylic acids is 2. The summed E-state index contributed by atoms with van der Waals surface area (Å²) in [6.45, 7) is 0.358. The van der Waals surface area contributed by atoms with Crippen molar-refractivity contribution in [1.82, 2.24) is 9.88 Å². The van der Waals surface area contributed by atoms with Crippen molar-refractivity contribution in [2.24, 2.45) is 0 Å². The lowest BCUT2D eigenvalue weighted by Crippen LogP contribution is -2.29. The van der Waals surface area contributed by atoms with Gasteiger partial charge in [0.2, 0.25) is 5.91 Å². The number of thioether (sulfide) groups is 1. The maximum absolute atomic E-state index is 12.9. The van der Waals surface area contributed by atoms with Crippen LogP contribution in [-0.4, -0.2) is 46.8 Å². The van der Waals surface area contributed by atoms with Gasteiger partial charge in [0, 0.05) is 35.5 Å². The minimum Gasteiger partial charge on any atom is -0.493 e. The van der Waals surface area contributed by atoms with Gasteiger partial charge >= 0.3 is 0 Å². The Hall–Kier alpha value is -2.92. The summed E-state index contributed by atoms with van der Waals surface area (Å²) < 4.78 is 11.1. The first-order chi connectivity index (χ1) is 17.9. The average Bonchev–Trinajstić information content (AvgIpc) is 3.43. The van der Waals surface area contributed by atoms with E-state index in [1.807, 2.05) is 30.3 Å². The van der Waals surface area contributed by atoms with Gasteiger partial charge in [-0.3, -0.25) is 14.5 Å². The highest BCUT2D eigenvalue weighted by atomic mass is 35.5. The van der Waals surface area contributed by atoms with Gasteiger partial charge in [-0.05, 0) is 41.8 Å². The summed E-state index contributed by atoms with van der Waals surface area (Å²) in [5, 5.41) is 4.07. The Bertz CT molecular complexity index is 1360. The van der Waals surface area contributed by atoms with Crippen LogP contribution < -0.4 is 14.8 Å². The number of halogens is 1. The third-order valence-electron chi connectivity index (χ3n) is 5.49. The number of ether oxygens (including phenoxy) is 2. The fraction of sp³-hybridized carbons (Fsp3) is 0.231. The van der Waals surface area contributed by atoms with Crippen LogP contribution in [0, 0.1) is 0 Å². The fourth-order valence-corrected chi connectivity index (χ4v) is 6.01. The molecule has 3 aromatic rings. The Morgan fingerprint density at radius 2 is 1.97 bits per heavy atom. The van der Waals surface area contributed by atoms with E-state index in [9.17, 15) is 9.59 Å². The largest absolute Gasteiger partial charge is 0.493 e. The molecule has 37 heavy (non-hydrogen) atoms. The van der Waals surface area contributed by atoms with E-state index in [1.165, 1.54) is 28.0 Å². The second-order valence-electron chi connectivity index (χ2n) is 8.00. The summed E-state index contributed by atoms with van der Waals surface area (Å²) in [5.41, 5.74) is 1.81. The molecule has 0 atom stereocenters. The zero-order valence-electron chi connectivity index (χ0n) is 20.2. The molecule has 0 bridgehead atoms. The van der Waals surface area contributed by atoms with Gasteiger partial charge in [0.25, 0.3) is 5.91 Å². The van der Waals surface area contributed by atoms with Crippen LogP contribution in [0.4, 0.5) is 5.13 Å². The molecule has 2 aromatic carbocycles. The van der Waals surface area contributed by atoms with Crippen molar-refractivity contribution in [2.75, 3.05) is 26.1 Å². The van der Waals surface area contributed by atoms with E-state index in [0.717, 1.165) is 16.0 Å². The highest BCUT2D eigenvalue weighted by molar-refractivity contribution is 8.26. The van der Waals surface area contributed by atoms with Crippen molar-refractivity contribution < 1.29 is 19.1 Å². The summed E-state index contributed by atoms with van der Waals surface area (Å²) in [4.78, 5) is 32.7. The second kappa shape index (κ2) is 12.6. The van der Waals surface area contributed by atoms with E-state index in [1.54, 1.807) is 38.6 Å². The molecule has 1 saturated heterocycles. The number of nitrogens with zero attached hydrogens (tertiary/aromatic N) is 2. The molecule has 11 heteroatoms. The topological polar surface area (TPSA) is 80.8 Å². The Kier molecular flexibility index (Phi) is 9.20. The molecule has 2 amide bonds. The molecule has 1 aliphatic heterocycles. The van der Waals surface area contributed by atoms with E-state index in [0.29, 0.717) is 50.3 Å². The SMILES string of the molecule is COc1ccc(C=C2SC(=S)N(CCCC(=O)Nc3ncc(Cc4ccccc4Cl)s3)C2=O)cc1OC. The smallest absolute Gasteiger partial charge is 0.266 e. The Morgan fingerprint density at radius 3 is 2.73 bits per heavy atom. The fourth-order valence-electron chi connectivity index (χ4n) is 3.64. The van der Waals surface area contributed by atoms with Crippen molar-refractivity contribution in [3.63, 3.8) is 0 Å². The lowest BCUT2D eigenvalue weighted by molar-refractivity contribution is -0.122. The molecule has 7 nitrogen and oxygen atoms in total. The molecule has 0 saturated carbocycles. The van der Waals surface area contributed by atoms with Crippen molar-refractivity contribution in [3.8, 4) is 11.5 Å². The first kappa shape index (κ1) is 27.1. The van der Waals surface area contributed by atoms with Crippen molar-refractivity contribution in [2.45, 2.75) is 19.3 Å². The van der Waals surface area contributed by atoms with Crippen LogP contribution >= 0.6 is 46.9 Å². The minimum atomic E-state index is -0.172. The van der Waals surface area contributed by atoms with Crippen LogP contribution in [0.25, 0.3) is 6.08 Å². The van der Waals surface area contributed by atoms with Gasteiger partial charge in [-0.2, -0.15) is 0 Å². The average molecular weight is 574 g/mol. The molecule has 1 aromatic heterocycles. The van der Waals surface area contributed by atoms with Crippen LogP contribution in [0.3, 0.4) is 0 Å². The van der Waals surface area contributed by atoms with Crippen LogP contribution in [0.2, 0.25) is 5.02 Å². The number of rotatable bonds is 10. The quantitative estimate of drug-likeness (QED) is 0.234. The highest BCUT2D eigenvalue weighted by Crippen LogP contribution is 2.35. The Balaban J connectivity index is 1.28. The number of hydrogen-bond acceptors (Lipinski definition) is 8. The molecular weight excluding hydrogens is 550 g/mol. The first-order valence-electron chi connectivity index (χ1n) is 11.3. The molecule has 1 fully saturated rings. The molecule has 2 heterocycles. The number of benzene rings is 2. The zero-order chi connectivity index (χ0) is 26.4. The molecule has 0 unspecified atom stereocenters. The van der Waals surface area contributed by atoms with E-state index in [4.69, 9.17) is 33.3 Å². The number of thiocarbonyl (C=S) groups is 1. The monoisotopic (exact) mass is 573 g/mol. The standard InChI is InChI=1S/C26H24ClN3O4S3/c1-33-20-10-9-16(12-21(20)34-2)13-22-24(32)30(26(35)37-22)11-5-8-23(31)29-25-28-15-18(36-25)14-17-6-3-4-7-19(17)27/h3-4,6-7,9-10,12-13,15H,5,8,11,14H2,1-2H3,(H,28,29,31). The van der Waals surface area contributed by atoms with Gasteiger partial charge < -0.3 is 14.8 Å². The maximum Gasteiger partial charge on any atom is 0.266 e. The minimum absolute atomic E-state index is 0.162. The van der Waals surface area contributed by atoms with E-state index in [-0.39, 0.29) is 18.2 Å². The molecule has 0 spiro atoms. The van der Waals surface area contributed by atoms with Gasteiger partial charge in [-0.1, -0.05) is 59.8 Å². The predicted octanol–water partition coefficient (Wildman–Crippen LogP) is 6.02. The van der Waals surface area contributed by atoms with E-state index >= 15 is 0 Å². The molecule has 0 radical (unpaired) electrons. The molecule has 192 valence electrons. The summed E-state index contributed by atoms with van der Waals surface area (Å²) in [5.74, 6) is 0.855. The molecular formula is C26H24ClN3O4S3. The number of carbonyl (C=O) groups is 2. The van der Waals surface area contributed by atoms with Crippen LogP contribution in [0.15, 0.2) is 53.6 Å². The second-order valence-corrected chi connectivity index (χ2v) is 11.2. The number of amides is 2. The van der Waals surface area contributed by atoms with Gasteiger partial charge in [0.1, 0.15) is 4.32 Å². The summed E-state index contributed by atoms with van der Waals surface area (Å²) in [7, 11) is 3.13. The molecule has 4 rings (SSSR count). The first-order valence-corrected chi connectivity index (χ1v) is 13.7. The van der Waals surface area contributed by atoms with Crippen molar-refractivity contribution in [3.05, 3.63) is 74.6 Å².